The maximum absolute atomic E-state index is 11.5. The molecule has 5 heteroatoms. The maximum Gasteiger partial charge on any atom is 0.266 e. The van der Waals surface area contributed by atoms with E-state index in [2.05, 4.69) is 5.32 Å². The lowest BCUT2D eigenvalue weighted by Gasteiger charge is -2.29. The molecule has 1 aromatic rings. The number of carbonyl (C=O) groups is 2. The summed E-state index contributed by atoms with van der Waals surface area (Å²) in [6.07, 6.45) is 0.314. The Balaban J connectivity index is 2.13. The van der Waals surface area contributed by atoms with Crippen molar-refractivity contribution in [3.05, 3.63) is 35.9 Å². The van der Waals surface area contributed by atoms with Crippen molar-refractivity contribution in [1.82, 2.24) is 10.4 Å². The van der Waals surface area contributed by atoms with Crippen molar-refractivity contribution in [2.45, 2.75) is 12.5 Å². The zero-order valence-corrected chi connectivity index (χ0v) is 8.59. The number of nitrogens with zero attached hydrogens (tertiary/aromatic N) is 1. The van der Waals surface area contributed by atoms with Gasteiger partial charge in [-0.05, 0) is 5.56 Å². The molecule has 0 saturated carbocycles. The molecule has 1 aromatic carbocycles. The molecule has 1 saturated heterocycles. The van der Waals surface area contributed by atoms with Gasteiger partial charge < -0.3 is 5.32 Å². The van der Waals surface area contributed by atoms with Crippen molar-refractivity contribution in [2.24, 2.45) is 0 Å². The molecule has 1 unspecified atom stereocenters. The molecule has 1 heterocycles. The smallest absolute Gasteiger partial charge is 0.266 e. The van der Waals surface area contributed by atoms with Gasteiger partial charge in [-0.3, -0.25) is 14.8 Å². The molecule has 2 amide bonds. The predicted octanol–water partition coefficient (Wildman–Crippen LogP) is -0.0547. The Bertz CT molecular complexity index is 405. The number of piperazine rings is 1. The van der Waals surface area contributed by atoms with E-state index in [0.29, 0.717) is 11.5 Å². The molecule has 0 aromatic heterocycles. The van der Waals surface area contributed by atoms with Gasteiger partial charge >= 0.3 is 0 Å². The van der Waals surface area contributed by atoms with Crippen molar-refractivity contribution in [3.8, 4) is 0 Å². The molecule has 0 spiro atoms. The van der Waals surface area contributed by atoms with Gasteiger partial charge in [-0.2, -0.15) is 0 Å². The van der Waals surface area contributed by atoms with Crippen LogP contribution >= 0.6 is 0 Å². The van der Waals surface area contributed by atoms with E-state index in [1.807, 2.05) is 30.3 Å². The first kappa shape index (κ1) is 10.6. The van der Waals surface area contributed by atoms with Crippen molar-refractivity contribution in [1.29, 1.82) is 0 Å². The van der Waals surface area contributed by atoms with Crippen LogP contribution in [0.1, 0.15) is 5.56 Å². The van der Waals surface area contributed by atoms with Crippen molar-refractivity contribution in [3.63, 3.8) is 0 Å². The van der Waals surface area contributed by atoms with Gasteiger partial charge in [0.25, 0.3) is 5.91 Å². The summed E-state index contributed by atoms with van der Waals surface area (Å²) in [6.45, 7) is -0.138. The van der Waals surface area contributed by atoms with E-state index in [1.54, 1.807) is 0 Å². The van der Waals surface area contributed by atoms with Gasteiger partial charge in [0.1, 0.15) is 6.04 Å². The zero-order valence-electron chi connectivity index (χ0n) is 8.59. The van der Waals surface area contributed by atoms with E-state index in [1.165, 1.54) is 0 Å². The summed E-state index contributed by atoms with van der Waals surface area (Å²) in [7, 11) is 0. The van der Waals surface area contributed by atoms with Crippen LogP contribution in [0, 0.1) is 0 Å². The molecule has 2 N–H and O–H groups in total. The van der Waals surface area contributed by atoms with Crippen LogP contribution in [0.4, 0.5) is 0 Å². The average molecular weight is 220 g/mol. The lowest BCUT2D eigenvalue weighted by molar-refractivity contribution is -0.184. The normalized spacial score (nSPS) is 20.8. The fourth-order valence-corrected chi connectivity index (χ4v) is 1.66. The van der Waals surface area contributed by atoms with Crippen LogP contribution < -0.4 is 5.32 Å². The minimum atomic E-state index is -0.830. The highest BCUT2D eigenvalue weighted by molar-refractivity contribution is 5.94. The molecule has 1 atom stereocenters. The third-order valence-electron chi connectivity index (χ3n) is 2.54. The average Bonchev–Trinajstić information content (AvgIpc) is 2.31. The molecule has 1 aliphatic heterocycles. The number of benzene rings is 1. The number of nitrogens with one attached hydrogen (secondary N) is 1. The minimum absolute atomic E-state index is 0.138. The molecule has 2 rings (SSSR count). The van der Waals surface area contributed by atoms with Crippen LogP contribution in [0.3, 0.4) is 0 Å². The highest BCUT2D eigenvalue weighted by Crippen LogP contribution is 2.10. The van der Waals surface area contributed by atoms with Crippen LogP contribution in [0.2, 0.25) is 0 Å². The summed E-state index contributed by atoms with van der Waals surface area (Å²) < 4.78 is 0. The number of hydroxylamine groups is 2. The van der Waals surface area contributed by atoms with Gasteiger partial charge in [0, 0.05) is 6.42 Å². The Morgan fingerprint density at radius 3 is 2.69 bits per heavy atom. The van der Waals surface area contributed by atoms with Crippen molar-refractivity contribution in [2.75, 3.05) is 6.54 Å². The van der Waals surface area contributed by atoms with Crippen molar-refractivity contribution >= 4 is 11.8 Å². The summed E-state index contributed by atoms with van der Waals surface area (Å²) in [5.41, 5.74) is 0.899. The Hall–Kier alpha value is -1.88. The van der Waals surface area contributed by atoms with E-state index in [4.69, 9.17) is 0 Å². The molecule has 0 aliphatic carbocycles. The third-order valence-corrected chi connectivity index (χ3v) is 2.54. The van der Waals surface area contributed by atoms with Crippen LogP contribution in [0.5, 0.6) is 0 Å². The Labute approximate surface area is 92.6 Å². The van der Waals surface area contributed by atoms with E-state index in [-0.39, 0.29) is 12.5 Å². The molecule has 1 fully saturated rings. The second kappa shape index (κ2) is 4.32. The zero-order chi connectivity index (χ0) is 11.5. The predicted molar refractivity (Wildman–Crippen MR) is 55.6 cm³/mol. The molecular weight excluding hydrogens is 208 g/mol. The number of rotatable bonds is 2. The van der Waals surface area contributed by atoms with Crippen LogP contribution in [0.25, 0.3) is 0 Å². The van der Waals surface area contributed by atoms with E-state index >= 15 is 0 Å². The number of hydrogen-bond donors (Lipinski definition) is 2. The third kappa shape index (κ3) is 2.04. The largest absolute Gasteiger partial charge is 0.345 e. The number of hydrogen-bond acceptors (Lipinski definition) is 3. The maximum atomic E-state index is 11.5. The van der Waals surface area contributed by atoms with Gasteiger partial charge in [0.2, 0.25) is 5.91 Å². The first-order chi connectivity index (χ1) is 7.68. The van der Waals surface area contributed by atoms with Gasteiger partial charge in [-0.25, -0.2) is 5.06 Å². The number of amides is 2. The number of carbonyl (C=O) groups excluding carboxylic acids is 2. The summed E-state index contributed by atoms with van der Waals surface area (Å²) in [5, 5.41) is 12.5. The van der Waals surface area contributed by atoms with E-state index in [0.717, 1.165) is 5.56 Å². The van der Waals surface area contributed by atoms with Crippen LogP contribution in [0.15, 0.2) is 30.3 Å². The molecule has 0 bridgehead atoms. The fourth-order valence-electron chi connectivity index (χ4n) is 1.66. The quantitative estimate of drug-likeness (QED) is 0.686. The Kier molecular flexibility index (Phi) is 2.87. The highest BCUT2D eigenvalue weighted by atomic mass is 16.5. The first-order valence-electron chi connectivity index (χ1n) is 5.01. The molecule has 5 nitrogen and oxygen atoms in total. The van der Waals surface area contributed by atoms with Gasteiger partial charge in [-0.1, -0.05) is 30.3 Å². The van der Waals surface area contributed by atoms with Crippen molar-refractivity contribution < 1.29 is 14.8 Å². The molecular formula is C11H12N2O3. The Morgan fingerprint density at radius 2 is 2.00 bits per heavy atom. The lowest BCUT2D eigenvalue weighted by atomic mass is 10.0. The standard InChI is InChI=1S/C11H12N2O3/c14-10-7-12-11(15)9(13(10)16)6-8-4-2-1-3-5-8/h1-5,9,16H,6-7H2,(H,12,15). The second-order valence-electron chi connectivity index (χ2n) is 3.66. The summed E-state index contributed by atoms with van der Waals surface area (Å²) >= 11 is 0. The summed E-state index contributed by atoms with van der Waals surface area (Å²) in [5.74, 6) is -0.813. The first-order valence-corrected chi connectivity index (χ1v) is 5.01. The fraction of sp³-hybridized carbons (Fsp3) is 0.273. The van der Waals surface area contributed by atoms with Crippen LogP contribution in [-0.4, -0.2) is 34.7 Å². The van der Waals surface area contributed by atoms with Gasteiger partial charge in [-0.15, -0.1) is 0 Å². The highest BCUT2D eigenvalue weighted by Gasteiger charge is 2.33. The SMILES string of the molecule is O=C1NCC(=O)N(O)C1Cc1ccccc1. The second-order valence-corrected chi connectivity index (χ2v) is 3.66. The van der Waals surface area contributed by atoms with Crippen LogP contribution in [-0.2, 0) is 16.0 Å². The molecule has 16 heavy (non-hydrogen) atoms. The molecule has 0 radical (unpaired) electrons. The Morgan fingerprint density at radius 1 is 1.31 bits per heavy atom. The van der Waals surface area contributed by atoms with Gasteiger partial charge in [0.15, 0.2) is 0 Å². The monoisotopic (exact) mass is 220 g/mol. The summed E-state index contributed by atoms with van der Waals surface area (Å²) in [6, 6.07) is 8.43. The summed E-state index contributed by atoms with van der Waals surface area (Å²) in [4.78, 5) is 22.7. The topological polar surface area (TPSA) is 69.6 Å². The van der Waals surface area contributed by atoms with E-state index < -0.39 is 11.9 Å². The molecule has 84 valence electrons. The van der Waals surface area contributed by atoms with Gasteiger partial charge in [0.05, 0.1) is 6.54 Å². The molecule has 1 aliphatic rings. The minimum Gasteiger partial charge on any atom is -0.345 e. The lowest BCUT2D eigenvalue weighted by Crippen LogP contribution is -2.57. The van der Waals surface area contributed by atoms with E-state index in [9.17, 15) is 14.8 Å².